The topological polar surface area (TPSA) is 43.8 Å². The number of benzene rings is 2. The lowest BCUT2D eigenvalue weighted by Gasteiger charge is -2.08. The molecule has 21 heavy (non-hydrogen) atoms. The van der Waals surface area contributed by atoms with Crippen LogP contribution in [0.25, 0.3) is 5.69 Å². The highest BCUT2D eigenvalue weighted by Crippen LogP contribution is 2.29. The van der Waals surface area contributed by atoms with E-state index in [0.29, 0.717) is 0 Å². The molecule has 3 nitrogen and oxygen atoms in total. The van der Waals surface area contributed by atoms with Gasteiger partial charge in [0.05, 0.1) is 6.33 Å². The predicted octanol–water partition coefficient (Wildman–Crippen LogP) is 4.06. The molecule has 3 aromatic rings. The Hall–Kier alpha value is -2.20. The van der Waals surface area contributed by atoms with Crippen molar-refractivity contribution in [1.82, 2.24) is 9.55 Å². The standard InChI is InChI=1S/C17H17N3S/c1-13-16(18)3-2-4-17(13)21-11-14-5-7-15(8-6-14)20-10-9-19-12-20/h2-10,12H,11,18H2,1H3. The van der Waals surface area contributed by atoms with E-state index in [1.807, 2.05) is 34.7 Å². The van der Waals surface area contributed by atoms with E-state index in [1.54, 1.807) is 12.5 Å². The smallest absolute Gasteiger partial charge is 0.0991 e. The summed E-state index contributed by atoms with van der Waals surface area (Å²) in [6, 6.07) is 14.6. The zero-order chi connectivity index (χ0) is 14.7. The molecule has 1 heterocycles. The lowest BCUT2D eigenvalue weighted by molar-refractivity contribution is 1.05. The molecule has 2 aromatic carbocycles. The summed E-state index contributed by atoms with van der Waals surface area (Å²) in [4.78, 5) is 5.31. The van der Waals surface area contributed by atoms with Crippen LogP contribution >= 0.6 is 11.8 Å². The fraction of sp³-hybridized carbons (Fsp3) is 0.118. The number of aromatic nitrogens is 2. The first-order valence-corrected chi connectivity index (χ1v) is 7.78. The average Bonchev–Trinajstić information content (AvgIpc) is 3.04. The highest BCUT2D eigenvalue weighted by molar-refractivity contribution is 7.98. The van der Waals surface area contributed by atoms with Crippen LogP contribution in [0.3, 0.4) is 0 Å². The fourth-order valence-electron chi connectivity index (χ4n) is 2.13. The molecule has 0 aliphatic rings. The first-order valence-electron chi connectivity index (χ1n) is 6.79. The molecule has 0 amide bonds. The second kappa shape index (κ2) is 6.06. The molecule has 0 bridgehead atoms. The van der Waals surface area contributed by atoms with Gasteiger partial charge >= 0.3 is 0 Å². The van der Waals surface area contributed by atoms with E-state index in [1.165, 1.54) is 10.5 Å². The van der Waals surface area contributed by atoms with E-state index in [2.05, 4.69) is 42.2 Å². The predicted molar refractivity (Wildman–Crippen MR) is 88.7 cm³/mol. The molecule has 0 unspecified atom stereocenters. The van der Waals surface area contributed by atoms with E-state index < -0.39 is 0 Å². The van der Waals surface area contributed by atoms with Crippen molar-refractivity contribution in [2.24, 2.45) is 0 Å². The molecule has 2 N–H and O–H groups in total. The van der Waals surface area contributed by atoms with Crippen molar-refractivity contribution in [3.63, 3.8) is 0 Å². The number of nitrogens with zero attached hydrogens (tertiary/aromatic N) is 2. The monoisotopic (exact) mass is 295 g/mol. The van der Waals surface area contributed by atoms with Crippen molar-refractivity contribution < 1.29 is 0 Å². The van der Waals surface area contributed by atoms with Crippen LogP contribution in [0, 0.1) is 6.92 Å². The Morgan fingerprint density at radius 1 is 1.14 bits per heavy atom. The van der Waals surface area contributed by atoms with Gasteiger partial charge in [-0.15, -0.1) is 11.8 Å². The average molecular weight is 295 g/mol. The Labute approximate surface area is 128 Å². The molecular formula is C17H17N3S. The summed E-state index contributed by atoms with van der Waals surface area (Å²) in [7, 11) is 0. The zero-order valence-electron chi connectivity index (χ0n) is 11.9. The van der Waals surface area contributed by atoms with Gasteiger partial charge < -0.3 is 10.3 Å². The first-order chi connectivity index (χ1) is 10.2. The van der Waals surface area contributed by atoms with Gasteiger partial charge in [-0.25, -0.2) is 4.98 Å². The number of anilines is 1. The van der Waals surface area contributed by atoms with E-state index in [9.17, 15) is 0 Å². The number of imidazole rings is 1. The second-order valence-corrected chi connectivity index (χ2v) is 5.91. The van der Waals surface area contributed by atoms with Gasteiger partial charge in [0, 0.05) is 34.4 Å². The molecule has 1 aromatic heterocycles. The van der Waals surface area contributed by atoms with Crippen LogP contribution in [0.15, 0.2) is 66.1 Å². The minimum atomic E-state index is 0.857. The van der Waals surface area contributed by atoms with E-state index in [4.69, 9.17) is 5.73 Å². The number of hydrogen-bond donors (Lipinski definition) is 1. The first kappa shape index (κ1) is 13.8. The Bertz CT molecular complexity index is 718. The third-order valence-corrected chi connectivity index (χ3v) is 4.69. The lowest BCUT2D eigenvalue weighted by Crippen LogP contribution is -1.92. The summed E-state index contributed by atoms with van der Waals surface area (Å²) in [5.41, 5.74) is 10.4. The fourth-order valence-corrected chi connectivity index (χ4v) is 3.15. The van der Waals surface area contributed by atoms with Gasteiger partial charge in [-0.3, -0.25) is 0 Å². The summed E-state index contributed by atoms with van der Waals surface area (Å²) >= 11 is 1.82. The molecule has 106 valence electrons. The molecule has 0 spiro atoms. The van der Waals surface area contributed by atoms with Crippen LogP contribution in [0.5, 0.6) is 0 Å². The molecule has 0 fully saturated rings. The van der Waals surface area contributed by atoms with Crippen molar-refractivity contribution in [1.29, 1.82) is 0 Å². The summed E-state index contributed by atoms with van der Waals surface area (Å²) in [5.74, 6) is 0.939. The zero-order valence-corrected chi connectivity index (χ0v) is 12.7. The summed E-state index contributed by atoms with van der Waals surface area (Å²) < 4.78 is 2.00. The number of thioether (sulfide) groups is 1. The summed E-state index contributed by atoms with van der Waals surface area (Å²) in [5, 5.41) is 0. The van der Waals surface area contributed by atoms with Crippen molar-refractivity contribution in [2.45, 2.75) is 17.6 Å². The molecule has 0 saturated heterocycles. The van der Waals surface area contributed by atoms with Gasteiger partial charge in [0.1, 0.15) is 0 Å². The number of rotatable bonds is 4. The molecule has 0 atom stereocenters. The molecular weight excluding hydrogens is 278 g/mol. The molecule has 0 aliphatic carbocycles. The van der Waals surface area contributed by atoms with Crippen LogP contribution in [-0.2, 0) is 5.75 Å². The molecule has 4 heteroatoms. The summed E-state index contributed by atoms with van der Waals surface area (Å²) in [6.07, 6.45) is 5.53. The third kappa shape index (κ3) is 3.11. The Kier molecular flexibility index (Phi) is 3.97. The SMILES string of the molecule is Cc1c(N)cccc1SCc1ccc(-n2ccnc2)cc1. The summed E-state index contributed by atoms with van der Waals surface area (Å²) in [6.45, 7) is 2.07. The molecule has 0 radical (unpaired) electrons. The minimum Gasteiger partial charge on any atom is -0.398 e. The Balaban J connectivity index is 1.70. The van der Waals surface area contributed by atoms with Gasteiger partial charge in [0.15, 0.2) is 0 Å². The maximum Gasteiger partial charge on any atom is 0.0991 e. The van der Waals surface area contributed by atoms with E-state index >= 15 is 0 Å². The minimum absolute atomic E-state index is 0.857. The second-order valence-electron chi connectivity index (χ2n) is 4.90. The van der Waals surface area contributed by atoms with E-state index in [-0.39, 0.29) is 0 Å². The van der Waals surface area contributed by atoms with Gasteiger partial charge in [0.25, 0.3) is 0 Å². The van der Waals surface area contributed by atoms with Crippen LogP contribution in [0.2, 0.25) is 0 Å². The number of hydrogen-bond acceptors (Lipinski definition) is 3. The van der Waals surface area contributed by atoms with Crippen molar-refractivity contribution in [3.8, 4) is 5.69 Å². The largest absolute Gasteiger partial charge is 0.398 e. The molecule has 0 aliphatic heterocycles. The van der Waals surface area contributed by atoms with Gasteiger partial charge in [-0.1, -0.05) is 18.2 Å². The highest BCUT2D eigenvalue weighted by Gasteiger charge is 2.03. The van der Waals surface area contributed by atoms with Crippen LogP contribution < -0.4 is 5.73 Å². The van der Waals surface area contributed by atoms with Gasteiger partial charge in [-0.2, -0.15) is 0 Å². The van der Waals surface area contributed by atoms with Crippen molar-refractivity contribution in [2.75, 3.05) is 5.73 Å². The maximum atomic E-state index is 5.94. The van der Waals surface area contributed by atoms with Crippen molar-refractivity contribution in [3.05, 3.63) is 72.3 Å². The van der Waals surface area contributed by atoms with Crippen LogP contribution in [0.1, 0.15) is 11.1 Å². The maximum absolute atomic E-state index is 5.94. The Morgan fingerprint density at radius 3 is 2.67 bits per heavy atom. The highest BCUT2D eigenvalue weighted by atomic mass is 32.2. The quantitative estimate of drug-likeness (QED) is 0.583. The van der Waals surface area contributed by atoms with E-state index in [0.717, 1.165) is 22.7 Å². The van der Waals surface area contributed by atoms with Gasteiger partial charge in [-0.05, 0) is 42.3 Å². The number of nitrogens with two attached hydrogens (primary N) is 1. The van der Waals surface area contributed by atoms with Crippen LogP contribution in [-0.4, -0.2) is 9.55 Å². The number of nitrogen functional groups attached to an aromatic ring is 1. The van der Waals surface area contributed by atoms with Crippen LogP contribution in [0.4, 0.5) is 5.69 Å². The normalized spacial score (nSPS) is 10.7. The molecule has 0 saturated carbocycles. The molecule has 3 rings (SSSR count). The van der Waals surface area contributed by atoms with Crippen molar-refractivity contribution >= 4 is 17.4 Å². The Morgan fingerprint density at radius 2 is 1.95 bits per heavy atom. The third-order valence-electron chi connectivity index (χ3n) is 3.46. The lowest BCUT2D eigenvalue weighted by atomic mass is 10.2. The van der Waals surface area contributed by atoms with Gasteiger partial charge in [0.2, 0.25) is 0 Å².